The second-order valence-corrected chi connectivity index (χ2v) is 3.67. The van der Waals surface area contributed by atoms with Gasteiger partial charge in [0.1, 0.15) is 5.75 Å². The molecule has 1 aromatic heterocycles. The van der Waals surface area contributed by atoms with Crippen LogP contribution in [-0.2, 0) is 6.54 Å². The SMILES string of the molecule is COc1ccncc1CN1CCCC1. The molecule has 1 aliphatic heterocycles. The van der Waals surface area contributed by atoms with Crippen molar-refractivity contribution in [2.24, 2.45) is 0 Å². The summed E-state index contributed by atoms with van der Waals surface area (Å²) in [6.07, 6.45) is 6.31. The lowest BCUT2D eigenvalue weighted by Crippen LogP contribution is -2.18. The molecule has 3 heteroatoms. The van der Waals surface area contributed by atoms with Gasteiger partial charge in [-0.15, -0.1) is 0 Å². The fourth-order valence-electron chi connectivity index (χ4n) is 1.91. The van der Waals surface area contributed by atoms with Gasteiger partial charge in [0.2, 0.25) is 0 Å². The minimum Gasteiger partial charge on any atom is -0.496 e. The molecule has 2 rings (SSSR count). The summed E-state index contributed by atoms with van der Waals surface area (Å²) in [6.45, 7) is 3.38. The molecule has 0 radical (unpaired) electrons. The van der Waals surface area contributed by atoms with Crippen molar-refractivity contribution in [3.8, 4) is 5.75 Å². The van der Waals surface area contributed by atoms with Crippen LogP contribution in [0.15, 0.2) is 18.5 Å². The first-order chi connectivity index (χ1) is 6.90. The van der Waals surface area contributed by atoms with Crippen LogP contribution in [0.3, 0.4) is 0 Å². The molecular formula is C11H16N2O. The number of hydrogen-bond acceptors (Lipinski definition) is 3. The van der Waals surface area contributed by atoms with Gasteiger partial charge in [0.05, 0.1) is 7.11 Å². The number of likely N-dealkylation sites (tertiary alicyclic amines) is 1. The lowest BCUT2D eigenvalue weighted by molar-refractivity contribution is 0.320. The normalized spacial score (nSPS) is 17.2. The Hall–Kier alpha value is -1.09. The van der Waals surface area contributed by atoms with Crippen molar-refractivity contribution in [1.29, 1.82) is 0 Å². The lowest BCUT2D eigenvalue weighted by Gasteiger charge is -2.15. The summed E-state index contributed by atoms with van der Waals surface area (Å²) in [5, 5.41) is 0. The second kappa shape index (κ2) is 4.42. The molecule has 0 spiro atoms. The maximum Gasteiger partial charge on any atom is 0.126 e. The number of hydrogen-bond donors (Lipinski definition) is 0. The van der Waals surface area contributed by atoms with E-state index in [-0.39, 0.29) is 0 Å². The van der Waals surface area contributed by atoms with E-state index in [1.807, 2.05) is 12.3 Å². The van der Waals surface area contributed by atoms with Gasteiger partial charge in [-0.2, -0.15) is 0 Å². The van der Waals surface area contributed by atoms with Crippen molar-refractivity contribution in [3.63, 3.8) is 0 Å². The molecule has 2 heterocycles. The number of rotatable bonds is 3. The third kappa shape index (κ3) is 2.04. The van der Waals surface area contributed by atoms with Crippen molar-refractivity contribution in [1.82, 2.24) is 9.88 Å². The summed E-state index contributed by atoms with van der Waals surface area (Å²) in [6, 6.07) is 1.92. The van der Waals surface area contributed by atoms with E-state index in [1.54, 1.807) is 13.3 Å². The van der Waals surface area contributed by atoms with Crippen LogP contribution >= 0.6 is 0 Å². The van der Waals surface area contributed by atoms with E-state index in [0.717, 1.165) is 12.3 Å². The smallest absolute Gasteiger partial charge is 0.126 e. The molecule has 76 valence electrons. The van der Waals surface area contributed by atoms with Gasteiger partial charge in [0.25, 0.3) is 0 Å². The highest BCUT2D eigenvalue weighted by molar-refractivity contribution is 5.29. The molecule has 0 aliphatic carbocycles. The average molecular weight is 192 g/mol. The zero-order valence-electron chi connectivity index (χ0n) is 8.57. The van der Waals surface area contributed by atoms with Crippen molar-refractivity contribution < 1.29 is 4.74 Å². The minimum atomic E-state index is 0.951. The van der Waals surface area contributed by atoms with Gasteiger partial charge < -0.3 is 4.74 Å². The molecule has 0 N–H and O–H groups in total. The van der Waals surface area contributed by atoms with Gasteiger partial charge in [0.15, 0.2) is 0 Å². The summed E-state index contributed by atoms with van der Waals surface area (Å²) >= 11 is 0. The summed E-state index contributed by atoms with van der Waals surface area (Å²) in [4.78, 5) is 6.57. The highest BCUT2D eigenvalue weighted by Gasteiger charge is 2.13. The van der Waals surface area contributed by atoms with Crippen LogP contribution in [0.5, 0.6) is 5.75 Å². The highest BCUT2D eigenvalue weighted by atomic mass is 16.5. The Morgan fingerprint density at radius 3 is 2.93 bits per heavy atom. The summed E-state index contributed by atoms with van der Waals surface area (Å²) < 4.78 is 5.29. The number of aromatic nitrogens is 1. The fourth-order valence-corrected chi connectivity index (χ4v) is 1.91. The van der Waals surface area contributed by atoms with Crippen molar-refractivity contribution >= 4 is 0 Å². The molecule has 0 atom stereocenters. The fraction of sp³-hybridized carbons (Fsp3) is 0.545. The quantitative estimate of drug-likeness (QED) is 0.728. The van der Waals surface area contributed by atoms with Crippen molar-refractivity contribution in [2.45, 2.75) is 19.4 Å². The number of ether oxygens (including phenoxy) is 1. The van der Waals surface area contributed by atoms with E-state index in [0.29, 0.717) is 0 Å². The Morgan fingerprint density at radius 2 is 2.21 bits per heavy atom. The first-order valence-corrected chi connectivity index (χ1v) is 5.09. The Morgan fingerprint density at radius 1 is 1.43 bits per heavy atom. The lowest BCUT2D eigenvalue weighted by atomic mass is 10.2. The van der Waals surface area contributed by atoms with Crippen LogP contribution in [0, 0.1) is 0 Å². The molecule has 1 saturated heterocycles. The molecule has 0 saturated carbocycles. The Balaban J connectivity index is 2.07. The minimum absolute atomic E-state index is 0.951. The van der Waals surface area contributed by atoms with Gasteiger partial charge >= 0.3 is 0 Å². The first kappa shape index (κ1) is 9.46. The van der Waals surface area contributed by atoms with E-state index in [1.165, 1.54) is 31.5 Å². The third-order valence-electron chi connectivity index (χ3n) is 2.67. The highest BCUT2D eigenvalue weighted by Crippen LogP contribution is 2.20. The van der Waals surface area contributed by atoms with E-state index >= 15 is 0 Å². The number of methoxy groups -OCH3 is 1. The van der Waals surface area contributed by atoms with Gasteiger partial charge in [0, 0.05) is 24.5 Å². The summed E-state index contributed by atoms with van der Waals surface area (Å²) in [5.41, 5.74) is 1.19. The van der Waals surface area contributed by atoms with Crippen molar-refractivity contribution in [2.75, 3.05) is 20.2 Å². The molecule has 0 aromatic carbocycles. The number of nitrogens with zero attached hydrogens (tertiary/aromatic N) is 2. The van der Waals surface area contributed by atoms with Gasteiger partial charge in [-0.05, 0) is 32.0 Å². The Kier molecular flexibility index (Phi) is 2.99. The van der Waals surface area contributed by atoms with Crippen LogP contribution in [0.1, 0.15) is 18.4 Å². The largest absolute Gasteiger partial charge is 0.496 e. The van der Waals surface area contributed by atoms with Crippen LogP contribution in [0.2, 0.25) is 0 Å². The summed E-state index contributed by atoms with van der Waals surface area (Å²) in [7, 11) is 1.71. The first-order valence-electron chi connectivity index (χ1n) is 5.09. The zero-order chi connectivity index (χ0) is 9.80. The number of pyridine rings is 1. The molecule has 0 amide bonds. The van der Waals surface area contributed by atoms with Gasteiger partial charge in [-0.1, -0.05) is 0 Å². The van der Waals surface area contributed by atoms with E-state index < -0.39 is 0 Å². The predicted octanol–water partition coefficient (Wildman–Crippen LogP) is 1.69. The molecule has 0 unspecified atom stereocenters. The Bertz CT molecular complexity index is 295. The standard InChI is InChI=1S/C11H16N2O/c1-14-11-4-5-12-8-10(11)9-13-6-2-3-7-13/h4-5,8H,2-3,6-7,9H2,1H3. The summed E-state index contributed by atoms with van der Waals surface area (Å²) in [5.74, 6) is 0.951. The van der Waals surface area contributed by atoms with Crippen LogP contribution < -0.4 is 4.74 Å². The van der Waals surface area contributed by atoms with Gasteiger partial charge in [-0.25, -0.2) is 0 Å². The van der Waals surface area contributed by atoms with Crippen molar-refractivity contribution in [3.05, 3.63) is 24.0 Å². The maximum absolute atomic E-state index is 5.29. The maximum atomic E-state index is 5.29. The molecule has 0 bridgehead atoms. The topological polar surface area (TPSA) is 25.4 Å². The zero-order valence-corrected chi connectivity index (χ0v) is 8.57. The van der Waals surface area contributed by atoms with Crippen LogP contribution in [-0.4, -0.2) is 30.1 Å². The van der Waals surface area contributed by atoms with Crippen LogP contribution in [0.4, 0.5) is 0 Å². The average Bonchev–Trinajstić information content (AvgIpc) is 2.71. The second-order valence-electron chi connectivity index (χ2n) is 3.67. The third-order valence-corrected chi connectivity index (χ3v) is 2.67. The molecular weight excluding hydrogens is 176 g/mol. The molecule has 1 fully saturated rings. The Labute approximate surface area is 84.7 Å². The van der Waals surface area contributed by atoms with E-state index in [2.05, 4.69) is 9.88 Å². The predicted molar refractivity (Wildman–Crippen MR) is 55.3 cm³/mol. The molecule has 14 heavy (non-hydrogen) atoms. The molecule has 3 nitrogen and oxygen atoms in total. The molecule has 1 aliphatic rings. The monoisotopic (exact) mass is 192 g/mol. The van der Waals surface area contributed by atoms with E-state index in [9.17, 15) is 0 Å². The van der Waals surface area contributed by atoms with Gasteiger partial charge in [-0.3, -0.25) is 9.88 Å². The van der Waals surface area contributed by atoms with Crippen LogP contribution in [0.25, 0.3) is 0 Å². The molecule has 1 aromatic rings. The van der Waals surface area contributed by atoms with E-state index in [4.69, 9.17) is 4.74 Å².